The molecule has 3 heteroatoms. The Kier molecular flexibility index (Phi) is 5.59. The van der Waals surface area contributed by atoms with Crippen LogP contribution in [0.25, 0.3) is 0 Å². The van der Waals surface area contributed by atoms with E-state index in [9.17, 15) is 4.39 Å². The molecule has 96 valence electrons. The van der Waals surface area contributed by atoms with Crippen LogP contribution in [0.15, 0.2) is 18.2 Å². The Morgan fingerprint density at radius 2 is 2.12 bits per heavy atom. The average molecular weight is 238 g/mol. The maximum Gasteiger partial charge on any atom is 0.127 e. The standard InChI is InChI=1S/C14H23FN2/c1-4-5-11(2)17(3)10-13-8-12(9-16)6-7-14(13)15/h6-8,11H,4-5,9-10,16H2,1-3H3. The molecule has 0 saturated heterocycles. The van der Waals surface area contributed by atoms with Crippen LogP contribution in [0.1, 0.15) is 37.8 Å². The van der Waals surface area contributed by atoms with Gasteiger partial charge in [-0.2, -0.15) is 0 Å². The van der Waals surface area contributed by atoms with Crippen LogP contribution >= 0.6 is 0 Å². The van der Waals surface area contributed by atoms with E-state index < -0.39 is 0 Å². The topological polar surface area (TPSA) is 29.3 Å². The summed E-state index contributed by atoms with van der Waals surface area (Å²) >= 11 is 0. The van der Waals surface area contributed by atoms with Gasteiger partial charge in [0.2, 0.25) is 0 Å². The fourth-order valence-electron chi connectivity index (χ4n) is 1.94. The van der Waals surface area contributed by atoms with Gasteiger partial charge in [-0.25, -0.2) is 4.39 Å². The molecule has 2 nitrogen and oxygen atoms in total. The van der Waals surface area contributed by atoms with Crippen molar-refractivity contribution >= 4 is 0 Å². The Bertz CT molecular complexity index is 352. The van der Waals surface area contributed by atoms with Gasteiger partial charge in [0.15, 0.2) is 0 Å². The van der Waals surface area contributed by atoms with Gasteiger partial charge >= 0.3 is 0 Å². The van der Waals surface area contributed by atoms with E-state index in [1.807, 2.05) is 13.1 Å². The summed E-state index contributed by atoms with van der Waals surface area (Å²) in [6, 6.07) is 5.59. The van der Waals surface area contributed by atoms with Crippen molar-refractivity contribution in [2.75, 3.05) is 7.05 Å². The number of nitrogens with zero attached hydrogens (tertiary/aromatic N) is 1. The van der Waals surface area contributed by atoms with Gasteiger partial charge < -0.3 is 5.73 Å². The lowest BCUT2D eigenvalue weighted by Gasteiger charge is -2.24. The van der Waals surface area contributed by atoms with E-state index in [4.69, 9.17) is 5.73 Å². The molecule has 0 aliphatic heterocycles. The van der Waals surface area contributed by atoms with Gasteiger partial charge in [-0.1, -0.05) is 25.5 Å². The van der Waals surface area contributed by atoms with Crippen molar-refractivity contribution in [1.29, 1.82) is 0 Å². The van der Waals surface area contributed by atoms with Crippen molar-refractivity contribution < 1.29 is 4.39 Å². The molecule has 0 amide bonds. The molecule has 0 bridgehead atoms. The minimum Gasteiger partial charge on any atom is -0.326 e. The van der Waals surface area contributed by atoms with Crippen LogP contribution in [0.2, 0.25) is 0 Å². The molecule has 0 aromatic heterocycles. The third kappa shape index (κ3) is 4.10. The third-order valence-electron chi connectivity index (χ3n) is 3.22. The van der Waals surface area contributed by atoms with Crippen LogP contribution in [0.3, 0.4) is 0 Å². The summed E-state index contributed by atoms with van der Waals surface area (Å²) in [5.41, 5.74) is 7.29. The predicted molar refractivity (Wildman–Crippen MR) is 70.1 cm³/mol. The molecule has 2 N–H and O–H groups in total. The van der Waals surface area contributed by atoms with Crippen molar-refractivity contribution in [3.63, 3.8) is 0 Å². The summed E-state index contributed by atoms with van der Waals surface area (Å²) in [7, 11) is 2.04. The summed E-state index contributed by atoms with van der Waals surface area (Å²) in [6.07, 6.45) is 2.28. The SMILES string of the molecule is CCCC(C)N(C)Cc1cc(CN)ccc1F. The lowest BCUT2D eigenvalue weighted by atomic mass is 10.1. The van der Waals surface area contributed by atoms with Crippen LogP contribution in [0, 0.1) is 5.82 Å². The van der Waals surface area contributed by atoms with Crippen molar-refractivity contribution in [2.45, 2.75) is 45.8 Å². The molecule has 17 heavy (non-hydrogen) atoms. The molecule has 0 aliphatic rings. The third-order valence-corrected chi connectivity index (χ3v) is 3.22. The van der Waals surface area contributed by atoms with Crippen LogP contribution in [-0.4, -0.2) is 18.0 Å². The van der Waals surface area contributed by atoms with Gasteiger partial charge in [-0.15, -0.1) is 0 Å². The van der Waals surface area contributed by atoms with Crippen LogP contribution in [0.4, 0.5) is 4.39 Å². The van der Waals surface area contributed by atoms with Gasteiger partial charge in [0.05, 0.1) is 0 Å². The number of nitrogens with two attached hydrogens (primary N) is 1. The normalized spacial score (nSPS) is 13.1. The monoisotopic (exact) mass is 238 g/mol. The van der Waals surface area contributed by atoms with E-state index in [1.165, 1.54) is 6.07 Å². The van der Waals surface area contributed by atoms with Gasteiger partial charge in [-0.05, 0) is 32.0 Å². The summed E-state index contributed by atoms with van der Waals surface area (Å²) < 4.78 is 13.6. The van der Waals surface area contributed by atoms with Gasteiger partial charge in [0, 0.05) is 24.7 Å². The largest absolute Gasteiger partial charge is 0.326 e. The fraction of sp³-hybridized carbons (Fsp3) is 0.571. The second-order valence-corrected chi connectivity index (χ2v) is 4.68. The lowest BCUT2D eigenvalue weighted by Crippen LogP contribution is -2.28. The first-order valence-electron chi connectivity index (χ1n) is 6.26. The first kappa shape index (κ1) is 14.1. The molecule has 0 heterocycles. The minimum absolute atomic E-state index is 0.141. The second-order valence-electron chi connectivity index (χ2n) is 4.68. The van der Waals surface area contributed by atoms with Gasteiger partial charge in [0.25, 0.3) is 0 Å². The number of benzene rings is 1. The van der Waals surface area contributed by atoms with Crippen molar-refractivity contribution in [2.24, 2.45) is 5.73 Å². The van der Waals surface area contributed by atoms with E-state index in [1.54, 1.807) is 6.07 Å². The van der Waals surface area contributed by atoms with E-state index in [0.717, 1.165) is 24.0 Å². The molecule has 0 aliphatic carbocycles. The Hall–Kier alpha value is -0.930. The second kappa shape index (κ2) is 6.72. The molecule has 1 aromatic rings. The zero-order chi connectivity index (χ0) is 12.8. The summed E-state index contributed by atoms with van der Waals surface area (Å²) in [6.45, 7) is 5.44. The molecular weight excluding hydrogens is 215 g/mol. The minimum atomic E-state index is -0.141. The maximum absolute atomic E-state index is 13.6. The number of hydrogen-bond acceptors (Lipinski definition) is 2. The van der Waals surface area contributed by atoms with Gasteiger partial charge in [-0.3, -0.25) is 4.90 Å². The van der Waals surface area contributed by atoms with Crippen molar-refractivity contribution in [3.8, 4) is 0 Å². The number of halogens is 1. The number of rotatable bonds is 6. The molecule has 0 fully saturated rings. The Morgan fingerprint density at radius 3 is 2.71 bits per heavy atom. The molecular formula is C14H23FN2. The fourth-order valence-corrected chi connectivity index (χ4v) is 1.94. The Morgan fingerprint density at radius 1 is 1.41 bits per heavy atom. The molecule has 1 unspecified atom stereocenters. The lowest BCUT2D eigenvalue weighted by molar-refractivity contribution is 0.234. The first-order chi connectivity index (χ1) is 8.08. The Labute approximate surface area is 104 Å². The zero-order valence-corrected chi connectivity index (χ0v) is 11.0. The van der Waals surface area contributed by atoms with Crippen LogP contribution < -0.4 is 5.73 Å². The molecule has 1 atom stereocenters. The zero-order valence-electron chi connectivity index (χ0n) is 11.0. The van der Waals surface area contributed by atoms with Crippen LogP contribution in [0.5, 0.6) is 0 Å². The van der Waals surface area contributed by atoms with Crippen molar-refractivity contribution in [3.05, 3.63) is 35.1 Å². The highest BCUT2D eigenvalue weighted by Crippen LogP contribution is 2.15. The van der Waals surface area contributed by atoms with E-state index in [0.29, 0.717) is 19.1 Å². The predicted octanol–water partition coefficient (Wildman–Crippen LogP) is 2.90. The average Bonchev–Trinajstić information content (AvgIpc) is 2.32. The maximum atomic E-state index is 13.6. The number of hydrogen-bond donors (Lipinski definition) is 1. The van der Waals surface area contributed by atoms with Crippen LogP contribution in [-0.2, 0) is 13.1 Å². The van der Waals surface area contributed by atoms with E-state index >= 15 is 0 Å². The first-order valence-corrected chi connectivity index (χ1v) is 6.26. The smallest absolute Gasteiger partial charge is 0.127 e. The highest BCUT2D eigenvalue weighted by Gasteiger charge is 2.11. The molecule has 0 spiro atoms. The Balaban J connectivity index is 2.73. The summed E-state index contributed by atoms with van der Waals surface area (Å²) in [4.78, 5) is 2.18. The molecule has 0 saturated carbocycles. The highest BCUT2D eigenvalue weighted by atomic mass is 19.1. The highest BCUT2D eigenvalue weighted by molar-refractivity contribution is 5.25. The summed E-state index contributed by atoms with van der Waals surface area (Å²) in [5.74, 6) is -0.141. The quantitative estimate of drug-likeness (QED) is 0.825. The van der Waals surface area contributed by atoms with Crippen molar-refractivity contribution in [1.82, 2.24) is 4.90 Å². The van der Waals surface area contributed by atoms with E-state index in [-0.39, 0.29) is 5.82 Å². The summed E-state index contributed by atoms with van der Waals surface area (Å²) in [5, 5.41) is 0. The molecule has 0 radical (unpaired) electrons. The van der Waals surface area contributed by atoms with E-state index in [2.05, 4.69) is 18.7 Å². The van der Waals surface area contributed by atoms with Gasteiger partial charge in [0.1, 0.15) is 5.82 Å². The molecule has 1 aromatic carbocycles. The molecule has 1 rings (SSSR count).